The SMILES string of the molecule is CC(C)(C)c1ccc(-c2nnc(SCc3cc(=O)[nH]c(=O)[nH]3)n2-c2ccc(Br)cc2)cc1. The van der Waals surface area contributed by atoms with Crippen LogP contribution in [0.3, 0.4) is 0 Å². The van der Waals surface area contributed by atoms with Gasteiger partial charge in [-0.15, -0.1) is 10.2 Å². The number of hydrogen-bond donors (Lipinski definition) is 2. The van der Waals surface area contributed by atoms with Crippen molar-refractivity contribution in [3.63, 3.8) is 0 Å². The van der Waals surface area contributed by atoms with Gasteiger partial charge in [0.1, 0.15) is 0 Å². The van der Waals surface area contributed by atoms with Gasteiger partial charge in [-0.1, -0.05) is 72.7 Å². The number of benzene rings is 2. The normalized spacial score (nSPS) is 11.6. The van der Waals surface area contributed by atoms with Gasteiger partial charge in [0.05, 0.1) is 0 Å². The van der Waals surface area contributed by atoms with E-state index < -0.39 is 11.2 Å². The van der Waals surface area contributed by atoms with Crippen LogP contribution in [-0.4, -0.2) is 24.7 Å². The molecule has 32 heavy (non-hydrogen) atoms. The fraction of sp³-hybridized carbons (Fsp3) is 0.217. The molecule has 0 aliphatic rings. The lowest BCUT2D eigenvalue weighted by atomic mass is 9.87. The molecular formula is C23H22BrN5O2S. The van der Waals surface area contributed by atoms with Gasteiger partial charge in [-0.2, -0.15) is 0 Å². The first kappa shape index (κ1) is 22.3. The van der Waals surface area contributed by atoms with Crippen molar-refractivity contribution in [3.05, 3.63) is 91.2 Å². The highest BCUT2D eigenvalue weighted by Gasteiger charge is 2.18. The van der Waals surface area contributed by atoms with E-state index in [4.69, 9.17) is 0 Å². The summed E-state index contributed by atoms with van der Waals surface area (Å²) in [6.07, 6.45) is 0. The molecular weight excluding hydrogens is 490 g/mol. The summed E-state index contributed by atoms with van der Waals surface area (Å²) in [5, 5.41) is 9.53. The minimum atomic E-state index is -0.526. The van der Waals surface area contributed by atoms with E-state index in [-0.39, 0.29) is 5.41 Å². The lowest BCUT2D eigenvalue weighted by molar-refractivity contribution is 0.590. The number of hydrogen-bond acceptors (Lipinski definition) is 5. The molecule has 0 fully saturated rings. The summed E-state index contributed by atoms with van der Waals surface area (Å²) in [6, 6.07) is 17.6. The smallest absolute Gasteiger partial charge is 0.310 e. The molecule has 0 spiro atoms. The summed E-state index contributed by atoms with van der Waals surface area (Å²) < 4.78 is 2.95. The Labute approximate surface area is 197 Å². The van der Waals surface area contributed by atoms with Crippen molar-refractivity contribution in [2.75, 3.05) is 0 Å². The zero-order valence-electron chi connectivity index (χ0n) is 17.8. The molecule has 7 nitrogen and oxygen atoms in total. The Morgan fingerprint density at radius 3 is 2.28 bits per heavy atom. The van der Waals surface area contributed by atoms with Crippen LogP contribution in [-0.2, 0) is 11.2 Å². The average molecular weight is 512 g/mol. The molecule has 0 atom stereocenters. The Kier molecular flexibility index (Phi) is 6.21. The van der Waals surface area contributed by atoms with Crippen molar-refractivity contribution in [1.29, 1.82) is 0 Å². The Morgan fingerprint density at radius 2 is 1.66 bits per heavy atom. The van der Waals surface area contributed by atoms with Gasteiger partial charge in [-0.05, 0) is 35.2 Å². The lowest BCUT2D eigenvalue weighted by Gasteiger charge is -2.19. The molecule has 0 amide bonds. The van der Waals surface area contributed by atoms with E-state index in [1.54, 1.807) is 0 Å². The first-order valence-electron chi connectivity index (χ1n) is 9.98. The third kappa shape index (κ3) is 4.94. The molecule has 2 aromatic carbocycles. The van der Waals surface area contributed by atoms with Gasteiger partial charge in [0.25, 0.3) is 5.56 Å². The number of halogens is 1. The van der Waals surface area contributed by atoms with Crippen LogP contribution in [0.2, 0.25) is 0 Å². The minimum Gasteiger partial charge on any atom is -0.310 e. The number of aromatic nitrogens is 5. The van der Waals surface area contributed by atoms with Crippen LogP contribution in [0.1, 0.15) is 32.0 Å². The third-order valence-electron chi connectivity index (χ3n) is 4.90. The number of H-pyrrole nitrogens is 2. The summed E-state index contributed by atoms with van der Waals surface area (Å²) >= 11 is 4.87. The molecule has 0 aliphatic carbocycles. The van der Waals surface area contributed by atoms with Gasteiger partial charge < -0.3 is 4.98 Å². The van der Waals surface area contributed by atoms with Crippen molar-refractivity contribution in [3.8, 4) is 17.1 Å². The molecule has 4 rings (SSSR count). The second-order valence-electron chi connectivity index (χ2n) is 8.35. The maximum absolute atomic E-state index is 11.6. The third-order valence-corrected chi connectivity index (χ3v) is 6.41. The fourth-order valence-electron chi connectivity index (χ4n) is 3.23. The molecule has 0 unspecified atom stereocenters. The van der Waals surface area contributed by atoms with Crippen molar-refractivity contribution < 1.29 is 0 Å². The fourth-order valence-corrected chi connectivity index (χ4v) is 4.36. The van der Waals surface area contributed by atoms with Crippen LogP contribution < -0.4 is 11.2 Å². The lowest BCUT2D eigenvalue weighted by Crippen LogP contribution is -2.22. The maximum atomic E-state index is 11.6. The molecule has 2 aromatic heterocycles. The van der Waals surface area contributed by atoms with E-state index in [9.17, 15) is 9.59 Å². The predicted molar refractivity (Wildman–Crippen MR) is 130 cm³/mol. The molecule has 4 aromatic rings. The molecule has 9 heteroatoms. The molecule has 0 radical (unpaired) electrons. The van der Waals surface area contributed by atoms with Crippen molar-refractivity contribution in [2.24, 2.45) is 0 Å². The van der Waals surface area contributed by atoms with Crippen LogP contribution in [0.4, 0.5) is 0 Å². The van der Waals surface area contributed by atoms with Gasteiger partial charge in [-0.3, -0.25) is 14.3 Å². The van der Waals surface area contributed by atoms with Crippen LogP contribution in [0.15, 0.2) is 73.8 Å². The zero-order valence-corrected chi connectivity index (χ0v) is 20.3. The monoisotopic (exact) mass is 511 g/mol. The summed E-state index contributed by atoms with van der Waals surface area (Å²) in [4.78, 5) is 28.0. The second kappa shape index (κ2) is 8.91. The quantitative estimate of drug-likeness (QED) is 0.379. The molecule has 0 saturated carbocycles. The number of rotatable bonds is 5. The van der Waals surface area contributed by atoms with E-state index in [0.717, 1.165) is 21.5 Å². The topological polar surface area (TPSA) is 96.4 Å². The number of nitrogens with one attached hydrogen (secondary N) is 2. The maximum Gasteiger partial charge on any atom is 0.325 e. The van der Waals surface area contributed by atoms with Crippen molar-refractivity contribution in [1.82, 2.24) is 24.7 Å². The second-order valence-corrected chi connectivity index (χ2v) is 10.2. The highest BCUT2D eigenvalue weighted by molar-refractivity contribution is 9.10. The zero-order chi connectivity index (χ0) is 22.9. The van der Waals surface area contributed by atoms with Crippen LogP contribution in [0.25, 0.3) is 17.1 Å². The Hall–Kier alpha value is -2.91. The average Bonchev–Trinajstić information content (AvgIpc) is 3.15. The van der Waals surface area contributed by atoms with Gasteiger partial charge >= 0.3 is 5.69 Å². The van der Waals surface area contributed by atoms with Crippen molar-refractivity contribution >= 4 is 27.7 Å². The molecule has 2 heterocycles. The summed E-state index contributed by atoms with van der Waals surface area (Å²) in [6.45, 7) is 6.54. The van der Waals surface area contributed by atoms with Gasteiger partial charge in [-0.25, -0.2) is 4.79 Å². The van der Waals surface area contributed by atoms with Crippen molar-refractivity contribution in [2.45, 2.75) is 37.1 Å². The highest BCUT2D eigenvalue weighted by atomic mass is 79.9. The Morgan fingerprint density at radius 1 is 0.969 bits per heavy atom. The Bertz CT molecular complexity index is 1320. The molecule has 0 saturated heterocycles. The first-order chi connectivity index (χ1) is 15.2. The van der Waals surface area contributed by atoms with E-state index in [1.807, 2.05) is 28.8 Å². The predicted octanol–water partition coefficient (Wildman–Crippen LogP) is 4.66. The number of aromatic amines is 2. The largest absolute Gasteiger partial charge is 0.325 e. The van der Waals surface area contributed by atoms with Crippen LogP contribution >= 0.6 is 27.7 Å². The van der Waals surface area contributed by atoms with Gasteiger partial charge in [0, 0.05) is 33.2 Å². The number of nitrogens with zero attached hydrogens (tertiary/aromatic N) is 3. The van der Waals surface area contributed by atoms with Crippen LogP contribution in [0.5, 0.6) is 0 Å². The summed E-state index contributed by atoms with van der Waals surface area (Å²) in [7, 11) is 0. The van der Waals surface area contributed by atoms with Gasteiger partial charge in [0.15, 0.2) is 11.0 Å². The molecule has 164 valence electrons. The van der Waals surface area contributed by atoms with E-state index in [0.29, 0.717) is 16.6 Å². The van der Waals surface area contributed by atoms with Crippen LogP contribution in [0, 0.1) is 0 Å². The Balaban J connectivity index is 1.74. The van der Waals surface area contributed by atoms with E-state index in [1.165, 1.54) is 23.4 Å². The van der Waals surface area contributed by atoms with Gasteiger partial charge in [0.2, 0.25) is 0 Å². The summed E-state index contributed by atoms with van der Waals surface area (Å²) in [5.41, 5.74) is 2.72. The highest BCUT2D eigenvalue weighted by Crippen LogP contribution is 2.31. The minimum absolute atomic E-state index is 0.0589. The molecule has 0 bridgehead atoms. The van der Waals surface area contributed by atoms with E-state index >= 15 is 0 Å². The first-order valence-corrected chi connectivity index (χ1v) is 11.8. The molecule has 2 N–H and O–H groups in total. The van der Waals surface area contributed by atoms with E-state index in [2.05, 4.69) is 81.1 Å². The number of thioether (sulfide) groups is 1. The molecule has 0 aliphatic heterocycles. The summed E-state index contributed by atoms with van der Waals surface area (Å²) in [5.74, 6) is 1.09. The standard InChI is InChI=1S/C23H22BrN5O2S/c1-23(2,3)15-6-4-14(5-7-15)20-27-28-22(29(20)18-10-8-16(24)9-11-18)32-13-17-12-19(30)26-21(31)25-17/h4-12H,13H2,1-3H3,(H2,25,26,30,31).